The number of aryl methyl sites for hydroxylation is 2. The van der Waals surface area contributed by atoms with Crippen molar-refractivity contribution in [1.82, 2.24) is 19.1 Å². The molecule has 1 N–H and O–H groups in total. The molecule has 1 unspecified atom stereocenters. The van der Waals surface area contributed by atoms with Gasteiger partial charge in [-0.15, -0.1) is 5.10 Å². The van der Waals surface area contributed by atoms with Crippen molar-refractivity contribution in [2.45, 2.75) is 50.9 Å². The molecule has 3 fully saturated rings. The third-order valence-electron chi connectivity index (χ3n) is 7.33. The van der Waals surface area contributed by atoms with Gasteiger partial charge in [0.25, 0.3) is 0 Å². The van der Waals surface area contributed by atoms with Gasteiger partial charge in [-0.3, -0.25) is 0 Å². The summed E-state index contributed by atoms with van der Waals surface area (Å²) in [6, 6.07) is 5.67. The van der Waals surface area contributed by atoms with Crippen LogP contribution < -0.4 is 10.2 Å². The smallest absolute Gasteiger partial charge is 0.361 e. The first-order chi connectivity index (χ1) is 16.3. The van der Waals surface area contributed by atoms with Gasteiger partial charge in [0.2, 0.25) is 5.95 Å². The molecule has 1 aliphatic carbocycles. The average Bonchev–Trinajstić information content (AvgIpc) is 3.43. The Morgan fingerprint density at radius 2 is 1.94 bits per heavy atom. The molecule has 1 saturated carbocycles. The normalized spacial score (nSPS) is 26.2. The Hall–Kier alpha value is -2.69. The molecule has 2 bridgehead atoms. The van der Waals surface area contributed by atoms with Gasteiger partial charge in [0, 0.05) is 31.6 Å². The fourth-order valence-electron chi connectivity index (χ4n) is 5.66. The van der Waals surface area contributed by atoms with Crippen LogP contribution in [0.25, 0.3) is 0 Å². The van der Waals surface area contributed by atoms with Crippen molar-refractivity contribution >= 4 is 22.5 Å². The molecule has 4 aliphatic rings. The van der Waals surface area contributed by atoms with E-state index in [1.54, 1.807) is 4.68 Å². The Balaban J connectivity index is 1.20. The van der Waals surface area contributed by atoms with Gasteiger partial charge in [-0.25, -0.2) is 9.07 Å². The van der Waals surface area contributed by atoms with E-state index in [1.165, 1.54) is 22.6 Å². The minimum atomic E-state index is -4.73. The number of aromatic nitrogens is 4. The highest BCUT2D eigenvalue weighted by Crippen LogP contribution is 2.44. The van der Waals surface area contributed by atoms with Crippen LogP contribution in [0.3, 0.4) is 0 Å². The standard InChI is InChI=1S/C23H24F4N6S/c1-12-7-19(34-31-12)32-10-14-8-15(11-32)20(14)28-22-29-21-16(3-2-6-33(21)30-22)13-4-5-18(24)17(9-13)23(25,26)27/h4-5,7,9,14-16,20H,2-3,6,8,10-11H2,1H3,(H,28,30)/t14-,15+,16?,20-. The molecule has 3 aromatic rings. The summed E-state index contributed by atoms with van der Waals surface area (Å²) in [7, 11) is 0. The zero-order valence-corrected chi connectivity index (χ0v) is 19.3. The summed E-state index contributed by atoms with van der Waals surface area (Å²) in [5.74, 6) is 0.550. The molecule has 5 heterocycles. The summed E-state index contributed by atoms with van der Waals surface area (Å²) in [5, 5.41) is 9.34. The van der Waals surface area contributed by atoms with Crippen molar-refractivity contribution in [1.29, 1.82) is 0 Å². The SMILES string of the molecule is Cc1cc(N2C[C@H]3C[C@@H](C2)[C@@H]3Nc2nc3n(n2)CCCC3c2ccc(F)c(C(F)(F)F)c2)sn1. The number of nitrogens with zero attached hydrogens (tertiary/aromatic N) is 5. The lowest BCUT2D eigenvalue weighted by Gasteiger charge is -2.53. The highest BCUT2D eigenvalue weighted by molar-refractivity contribution is 7.10. The summed E-state index contributed by atoms with van der Waals surface area (Å²) >= 11 is 1.54. The van der Waals surface area contributed by atoms with Crippen molar-refractivity contribution in [3.05, 3.63) is 52.7 Å². The highest BCUT2D eigenvalue weighted by Gasteiger charge is 2.47. The molecule has 34 heavy (non-hydrogen) atoms. The summed E-state index contributed by atoms with van der Waals surface area (Å²) in [6.07, 6.45) is -2.14. The van der Waals surface area contributed by atoms with Crippen LogP contribution in [-0.4, -0.2) is 38.3 Å². The maximum absolute atomic E-state index is 13.8. The van der Waals surface area contributed by atoms with E-state index in [9.17, 15) is 17.6 Å². The topological polar surface area (TPSA) is 58.9 Å². The van der Waals surface area contributed by atoms with Crippen LogP contribution in [0, 0.1) is 24.6 Å². The maximum atomic E-state index is 13.8. The lowest BCUT2D eigenvalue weighted by atomic mass is 9.66. The van der Waals surface area contributed by atoms with E-state index in [2.05, 4.69) is 25.8 Å². The lowest BCUT2D eigenvalue weighted by molar-refractivity contribution is -0.140. The van der Waals surface area contributed by atoms with Crippen LogP contribution in [-0.2, 0) is 12.7 Å². The lowest BCUT2D eigenvalue weighted by Crippen LogP contribution is -2.61. The number of rotatable bonds is 4. The Bertz CT molecular complexity index is 1210. The summed E-state index contributed by atoms with van der Waals surface area (Å²) < 4.78 is 59.7. The highest BCUT2D eigenvalue weighted by atomic mass is 32.1. The van der Waals surface area contributed by atoms with E-state index in [1.807, 2.05) is 6.92 Å². The molecule has 0 spiro atoms. The number of hydrogen-bond acceptors (Lipinski definition) is 6. The third-order valence-corrected chi connectivity index (χ3v) is 8.27. The molecule has 0 radical (unpaired) electrons. The zero-order valence-electron chi connectivity index (χ0n) is 18.5. The molecular weight excluding hydrogens is 468 g/mol. The van der Waals surface area contributed by atoms with Crippen molar-refractivity contribution < 1.29 is 17.6 Å². The largest absolute Gasteiger partial charge is 0.419 e. The fourth-order valence-corrected chi connectivity index (χ4v) is 6.43. The van der Waals surface area contributed by atoms with Crippen molar-refractivity contribution in [3.8, 4) is 0 Å². The number of piperidine rings is 2. The van der Waals surface area contributed by atoms with Gasteiger partial charge >= 0.3 is 6.18 Å². The number of fused-ring (bicyclic) bond motifs is 3. The predicted octanol–water partition coefficient (Wildman–Crippen LogP) is 5.06. The molecule has 11 heteroatoms. The minimum Gasteiger partial charge on any atom is -0.361 e. The van der Waals surface area contributed by atoms with Gasteiger partial charge in [0.05, 0.1) is 11.3 Å². The fraction of sp³-hybridized carbons (Fsp3) is 0.522. The Morgan fingerprint density at radius 3 is 2.65 bits per heavy atom. The molecular formula is C23H24F4N6S. The Morgan fingerprint density at radius 1 is 1.15 bits per heavy atom. The molecule has 0 amide bonds. The molecule has 1 aromatic carbocycles. The molecule has 180 valence electrons. The Kier molecular flexibility index (Phi) is 5.09. The van der Waals surface area contributed by atoms with Crippen molar-refractivity contribution in [3.63, 3.8) is 0 Å². The minimum absolute atomic E-state index is 0.288. The van der Waals surface area contributed by atoms with Gasteiger partial charge in [-0.05, 0) is 73.3 Å². The van der Waals surface area contributed by atoms with Crippen LogP contribution in [0.15, 0.2) is 24.3 Å². The molecule has 3 aliphatic heterocycles. The molecule has 7 rings (SSSR count). The van der Waals surface area contributed by atoms with Gasteiger partial charge in [0.1, 0.15) is 16.6 Å². The second kappa shape index (κ2) is 7.93. The second-order valence-electron chi connectivity index (χ2n) is 9.59. The van der Waals surface area contributed by atoms with Crippen LogP contribution in [0.5, 0.6) is 0 Å². The van der Waals surface area contributed by atoms with E-state index in [0.29, 0.717) is 42.1 Å². The number of anilines is 2. The van der Waals surface area contributed by atoms with E-state index in [0.717, 1.165) is 43.8 Å². The van der Waals surface area contributed by atoms with Crippen molar-refractivity contribution in [2.75, 3.05) is 23.3 Å². The van der Waals surface area contributed by atoms with Crippen molar-refractivity contribution in [2.24, 2.45) is 11.8 Å². The van der Waals surface area contributed by atoms with Crippen LogP contribution in [0.2, 0.25) is 0 Å². The van der Waals surface area contributed by atoms with E-state index >= 15 is 0 Å². The monoisotopic (exact) mass is 492 g/mol. The first-order valence-corrected chi connectivity index (χ1v) is 12.3. The van der Waals surface area contributed by atoms with Gasteiger partial charge in [-0.2, -0.15) is 22.5 Å². The summed E-state index contributed by atoms with van der Waals surface area (Å²) in [6.45, 7) is 4.60. The van der Waals surface area contributed by atoms with Gasteiger partial charge < -0.3 is 10.2 Å². The average molecular weight is 493 g/mol. The third kappa shape index (κ3) is 3.73. The Labute approximate surface area is 198 Å². The first-order valence-electron chi connectivity index (χ1n) is 11.5. The van der Waals surface area contributed by atoms with Gasteiger partial charge in [-0.1, -0.05) is 6.07 Å². The maximum Gasteiger partial charge on any atom is 0.419 e. The van der Waals surface area contributed by atoms with Crippen LogP contribution >= 0.6 is 11.5 Å². The predicted molar refractivity (Wildman–Crippen MR) is 121 cm³/mol. The molecule has 2 saturated heterocycles. The second-order valence-corrected chi connectivity index (χ2v) is 10.4. The first kappa shape index (κ1) is 21.8. The number of benzene rings is 1. The molecule has 6 nitrogen and oxygen atoms in total. The number of hydrogen-bond donors (Lipinski definition) is 1. The zero-order chi connectivity index (χ0) is 23.6. The van der Waals surface area contributed by atoms with E-state index < -0.39 is 17.6 Å². The van der Waals surface area contributed by atoms with E-state index in [-0.39, 0.29) is 12.0 Å². The number of alkyl halides is 3. The molecule has 2 aromatic heterocycles. The van der Waals surface area contributed by atoms with E-state index in [4.69, 9.17) is 4.98 Å². The number of nitrogens with one attached hydrogen (secondary N) is 1. The summed E-state index contributed by atoms with van der Waals surface area (Å²) in [5.41, 5.74) is 0.229. The van der Waals surface area contributed by atoms with Crippen LogP contribution in [0.1, 0.15) is 47.8 Å². The van der Waals surface area contributed by atoms with Crippen LogP contribution in [0.4, 0.5) is 28.5 Å². The quantitative estimate of drug-likeness (QED) is 0.516. The molecule has 4 atom stereocenters. The number of halogens is 4. The van der Waals surface area contributed by atoms with Gasteiger partial charge in [0.15, 0.2) is 0 Å². The summed E-state index contributed by atoms with van der Waals surface area (Å²) in [4.78, 5) is 7.10.